The Morgan fingerprint density at radius 1 is 1.07 bits per heavy atom. The van der Waals surface area contributed by atoms with Crippen LogP contribution in [0.2, 0.25) is 0 Å². The Bertz CT molecular complexity index is 1000. The number of amides is 1. The lowest BCUT2D eigenvalue weighted by Crippen LogP contribution is -2.47. The molecule has 1 aromatic carbocycles. The Kier molecular flexibility index (Phi) is 4.62. The number of anilines is 1. The van der Waals surface area contributed by atoms with Gasteiger partial charge in [0.15, 0.2) is 5.69 Å². The fourth-order valence-electron chi connectivity index (χ4n) is 2.89. The number of rotatable bonds is 4. The van der Waals surface area contributed by atoms with Crippen LogP contribution < -0.4 is 5.73 Å². The van der Waals surface area contributed by atoms with Crippen LogP contribution in [0.1, 0.15) is 26.8 Å². The molecule has 0 bridgehead atoms. The maximum Gasteiger partial charge on any atom is 0.311 e. The van der Waals surface area contributed by atoms with Gasteiger partial charge in [-0.25, -0.2) is 0 Å². The topological polar surface area (TPSA) is 132 Å². The molecule has 4 rings (SSSR count). The van der Waals surface area contributed by atoms with E-state index >= 15 is 0 Å². The van der Waals surface area contributed by atoms with Crippen LogP contribution in [0.5, 0.6) is 0 Å². The number of hydrogen-bond acceptors (Lipinski definition) is 9. The molecule has 144 valence electrons. The molecule has 3 aromatic rings. The summed E-state index contributed by atoms with van der Waals surface area (Å²) in [6.45, 7) is 2.70. The molecule has 1 aliphatic rings. The molecular formula is C18H18N6O4. The predicted molar refractivity (Wildman–Crippen MR) is 97.5 cm³/mol. The second-order valence-electron chi connectivity index (χ2n) is 6.48. The minimum atomic E-state index is -0.412. The van der Waals surface area contributed by atoms with Crippen LogP contribution in [0, 0.1) is 0 Å². The van der Waals surface area contributed by atoms with Gasteiger partial charge in [0.2, 0.25) is 11.5 Å². The summed E-state index contributed by atoms with van der Waals surface area (Å²) in [5.41, 5.74) is 6.44. The van der Waals surface area contributed by atoms with E-state index in [4.69, 9.17) is 14.7 Å². The van der Waals surface area contributed by atoms with Crippen molar-refractivity contribution in [1.82, 2.24) is 25.2 Å². The van der Waals surface area contributed by atoms with Crippen molar-refractivity contribution in [2.24, 2.45) is 0 Å². The van der Waals surface area contributed by atoms with E-state index in [1.807, 2.05) is 7.05 Å². The van der Waals surface area contributed by atoms with Crippen molar-refractivity contribution in [3.05, 3.63) is 47.5 Å². The van der Waals surface area contributed by atoms with Crippen LogP contribution >= 0.6 is 0 Å². The van der Waals surface area contributed by atoms with E-state index in [0.717, 1.165) is 13.1 Å². The lowest BCUT2D eigenvalue weighted by molar-refractivity contribution is 0.0625. The molecule has 1 aliphatic heterocycles. The van der Waals surface area contributed by atoms with E-state index in [0.29, 0.717) is 18.7 Å². The summed E-state index contributed by atoms with van der Waals surface area (Å²) in [6.07, 6.45) is 0. The summed E-state index contributed by atoms with van der Waals surface area (Å²) < 4.78 is 10.6. The van der Waals surface area contributed by atoms with Crippen molar-refractivity contribution in [3.8, 4) is 11.6 Å². The van der Waals surface area contributed by atoms with Crippen LogP contribution in [0.3, 0.4) is 0 Å². The summed E-state index contributed by atoms with van der Waals surface area (Å²) in [5.74, 6) is -1.12. The number of benzene rings is 1. The Balaban J connectivity index is 1.55. The Morgan fingerprint density at radius 2 is 1.79 bits per heavy atom. The summed E-state index contributed by atoms with van der Waals surface area (Å²) in [4.78, 5) is 28.8. The first kappa shape index (κ1) is 17.9. The summed E-state index contributed by atoms with van der Waals surface area (Å²) >= 11 is 0. The van der Waals surface area contributed by atoms with Crippen molar-refractivity contribution >= 4 is 17.4 Å². The minimum Gasteiger partial charge on any atom is -0.410 e. The highest BCUT2D eigenvalue weighted by molar-refractivity contribution is 6.11. The fourth-order valence-corrected chi connectivity index (χ4v) is 2.89. The van der Waals surface area contributed by atoms with E-state index < -0.39 is 5.78 Å². The smallest absolute Gasteiger partial charge is 0.311 e. The number of carbonyl (C=O) groups is 2. The average molecular weight is 382 g/mol. The molecule has 2 aromatic heterocycles. The zero-order valence-electron chi connectivity index (χ0n) is 15.2. The van der Waals surface area contributed by atoms with Crippen LogP contribution in [-0.4, -0.2) is 70.1 Å². The number of hydrogen-bond donors (Lipinski definition) is 1. The predicted octanol–water partition coefficient (Wildman–Crippen LogP) is 0.925. The molecule has 0 spiro atoms. The highest BCUT2D eigenvalue weighted by atomic mass is 16.5. The second kappa shape index (κ2) is 7.24. The van der Waals surface area contributed by atoms with Gasteiger partial charge in [0, 0.05) is 31.7 Å². The SMILES string of the molecule is CN1CCN(C(=O)c2nnc(-c3noc(C(=O)c4ccccc4)c3N)o2)CC1. The molecule has 0 aliphatic carbocycles. The van der Waals surface area contributed by atoms with Gasteiger partial charge in [-0.05, 0) is 7.05 Å². The third kappa shape index (κ3) is 3.25. The van der Waals surface area contributed by atoms with Gasteiger partial charge >= 0.3 is 11.8 Å². The molecular weight excluding hydrogens is 364 g/mol. The standard InChI is InChI=1S/C18H18N6O4/c1-23-7-9-24(10-8-23)18(26)17-21-20-16(27-17)13-12(19)15(28-22-13)14(25)11-5-3-2-4-6-11/h2-6H,7-10,19H2,1H3. The number of likely N-dealkylation sites (N-methyl/N-ethyl adjacent to an activating group) is 1. The van der Waals surface area contributed by atoms with Gasteiger partial charge in [-0.15, -0.1) is 10.2 Å². The summed E-state index contributed by atoms with van der Waals surface area (Å²) in [5, 5.41) is 11.4. The first-order valence-electron chi connectivity index (χ1n) is 8.71. The molecule has 1 fully saturated rings. The van der Waals surface area contributed by atoms with Gasteiger partial charge in [0.25, 0.3) is 5.89 Å². The first-order valence-corrected chi connectivity index (χ1v) is 8.71. The van der Waals surface area contributed by atoms with Gasteiger partial charge in [-0.2, -0.15) is 0 Å². The number of aromatic nitrogens is 3. The third-order valence-corrected chi connectivity index (χ3v) is 4.57. The second-order valence-corrected chi connectivity index (χ2v) is 6.48. The molecule has 0 saturated carbocycles. The van der Waals surface area contributed by atoms with Crippen molar-refractivity contribution in [2.45, 2.75) is 0 Å². The van der Waals surface area contributed by atoms with Crippen molar-refractivity contribution in [2.75, 3.05) is 39.0 Å². The molecule has 3 heterocycles. The first-order chi connectivity index (χ1) is 13.5. The largest absolute Gasteiger partial charge is 0.410 e. The van der Waals surface area contributed by atoms with Crippen LogP contribution in [0.4, 0.5) is 5.69 Å². The van der Waals surface area contributed by atoms with Crippen LogP contribution in [0.15, 0.2) is 39.3 Å². The van der Waals surface area contributed by atoms with Gasteiger partial charge < -0.3 is 24.5 Å². The van der Waals surface area contributed by atoms with Gasteiger partial charge in [-0.3, -0.25) is 9.59 Å². The number of nitrogens with two attached hydrogens (primary N) is 1. The minimum absolute atomic E-state index is 0.0175. The van der Waals surface area contributed by atoms with E-state index in [1.165, 1.54) is 0 Å². The lowest BCUT2D eigenvalue weighted by atomic mass is 10.1. The molecule has 0 unspecified atom stereocenters. The third-order valence-electron chi connectivity index (χ3n) is 4.57. The Morgan fingerprint density at radius 3 is 2.50 bits per heavy atom. The normalized spacial score (nSPS) is 15.0. The molecule has 10 heteroatoms. The van der Waals surface area contributed by atoms with Crippen molar-refractivity contribution in [3.63, 3.8) is 0 Å². The Labute approximate surface area is 159 Å². The van der Waals surface area contributed by atoms with Gasteiger partial charge in [-0.1, -0.05) is 35.5 Å². The van der Waals surface area contributed by atoms with Gasteiger partial charge in [0.1, 0.15) is 5.69 Å². The zero-order valence-corrected chi connectivity index (χ0v) is 15.2. The lowest BCUT2D eigenvalue weighted by Gasteiger charge is -2.31. The van der Waals surface area contributed by atoms with Gasteiger partial charge in [0.05, 0.1) is 0 Å². The maximum atomic E-state index is 12.5. The monoisotopic (exact) mass is 382 g/mol. The molecule has 2 N–H and O–H groups in total. The van der Waals surface area contributed by atoms with Crippen LogP contribution in [-0.2, 0) is 0 Å². The van der Waals surface area contributed by atoms with Crippen molar-refractivity contribution in [1.29, 1.82) is 0 Å². The van der Waals surface area contributed by atoms with E-state index in [2.05, 4.69) is 20.3 Å². The highest BCUT2D eigenvalue weighted by Crippen LogP contribution is 2.28. The van der Waals surface area contributed by atoms with E-state index in [-0.39, 0.29) is 34.8 Å². The van der Waals surface area contributed by atoms with Crippen molar-refractivity contribution < 1.29 is 18.5 Å². The number of nitrogen functional groups attached to an aromatic ring is 1. The summed E-state index contributed by atoms with van der Waals surface area (Å²) in [6, 6.07) is 8.54. The zero-order chi connectivity index (χ0) is 19.7. The van der Waals surface area contributed by atoms with E-state index in [1.54, 1.807) is 35.2 Å². The average Bonchev–Trinajstić information content (AvgIpc) is 3.35. The molecule has 10 nitrogen and oxygen atoms in total. The molecule has 1 amide bonds. The molecule has 0 atom stereocenters. The Hall–Kier alpha value is -3.53. The molecule has 1 saturated heterocycles. The molecule has 28 heavy (non-hydrogen) atoms. The van der Waals surface area contributed by atoms with E-state index in [9.17, 15) is 9.59 Å². The fraction of sp³-hybridized carbons (Fsp3) is 0.278. The number of nitrogens with zero attached hydrogens (tertiary/aromatic N) is 5. The number of carbonyl (C=O) groups excluding carboxylic acids is 2. The highest BCUT2D eigenvalue weighted by Gasteiger charge is 2.28. The summed E-state index contributed by atoms with van der Waals surface area (Å²) in [7, 11) is 1.99. The quantitative estimate of drug-likeness (QED) is 0.654. The maximum absolute atomic E-state index is 12.5. The molecule has 0 radical (unpaired) electrons. The van der Waals surface area contributed by atoms with Crippen LogP contribution in [0.25, 0.3) is 11.6 Å². The number of piperazine rings is 1. The number of ketones is 1.